The molecule has 2 heterocycles. The van der Waals surface area contributed by atoms with Crippen molar-refractivity contribution in [3.8, 4) is 22.7 Å². The lowest BCUT2D eigenvalue weighted by Crippen LogP contribution is -2.15. The number of rotatable bonds is 2. The number of benzene rings is 1. The molecule has 0 atom stereocenters. The van der Waals surface area contributed by atoms with Crippen LogP contribution in [0.5, 0.6) is 0 Å². The molecule has 142 valence electrons. The molecule has 0 bridgehead atoms. The number of pyridine rings is 1. The van der Waals surface area contributed by atoms with Crippen LogP contribution >= 0.6 is 11.6 Å². The number of aromatic amines is 1. The highest BCUT2D eigenvalue weighted by molar-refractivity contribution is 6.31. The third-order valence-corrected chi connectivity index (χ3v) is 5.23. The quantitative estimate of drug-likeness (QED) is 0.600. The van der Waals surface area contributed by atoms with E-state index in [1.807, 2.05) is 26.8 Å². The second-order valence-electron chi connectivity index (χ2n) is 8.15. The van der Waals surface area contributed by atoms with Crippen LogP contribution < -0.4 is 5.43 Å². The summed E-state index contributed by atoms with van der Waals surface area (Å²) >= 11 is 6.62. The Morgan fingerprint density at radius 1 is 1.11 bits per heavy atom. The van der Waals surface area contributed by atoms with Gasteiger partial charge in [0.1, 0.15) is 11.8 Å². The van der Waals surface area contributed by atoms with Gasteiger partial charge in [-0.15, -0.1) is 0 Å². The fraction of sp³-hybridized carbons (Fsp3) is 0.364. The van der Waals surface area contributed by atoms with Crippen LogP contribution in [-0.4, -0.2) is 9.97 Å². The fourth-order valence-electron chi connectivity index (χ4n) is 3.22. The van der Waals surface area contributed by atoms with E-state index in [1.165, 1.54) is 0 Å². The molecular weight excluding hydrogens is 360 g/mol. The van der Waals surface area contributed by atoms with Crippen molar-refractivity contribution in [2.75, 3.05) is 0 Å². The Balaban J connectivity index is 2.36. The van der Waals surface area contributed by atoms with Gasteiger partial charge in [-0.1, -0.05) is 38.4 Å². The molecule has 0 radical (unpaired) electrons. The number of hydrogen-bond donors (Lipinski definition) is 1. The largest absolute Gasteiger partial charge is 0.444 e. The number of nitrogens with zero attached hydrogens (tertiary/aromatic N) is 1. The lowest BCUT2D eigenvalue weighted by atomic mass is 9.84. The van der Waals surface area contributed by atoms with Crippen molar-refractivity contribution in [2.45, 2.75) is 53.9 Å². The van der Waals surface area contributed by atoms with Crippen LogP contribution in [0.1, 0.15) is 48.8 Å². The molecule has 4 nitrogen and oxygen atoms in total. The molecule has 0 amide bonds. The first-order chi connectivity index (χ1) is 12.5. The summed E-state index contributed by atoms with van der Waals surface area (Å²) in [5.41, 5.74) is 6.15. The molecule has 0 aliphatic carbocycles. The minimum Gasteiger partial charge on any atom is -0.444 e. The first-order valence-corrected chi connectivity index (χ1v) is 9.35. The fourth-order valence-corrected chi connectivity index (χ4v) is 3.66. The Bertz CT molecular complexity index is 1080. The van der Waals surface area contributed by atoms with Gasteiger partial charge in [0.2, 0.25) is 5.89 Å². The third-order valence-electron chi connectivity index (χ3n) is 4.92. The van der Waals surface area contributed by atoms with Gasteiger partial charge < -0.3 is 9.40 Å². The molecule has 0 aliphatic rings. The average Bonchev–Trinajstić information content (AvgIpc) is 2.99. The number of nitrogens with one attached hydrogen (secondary N) is 1. The van der Waals surface area contributed by atoms with Crippen molar-refractivity contribution < 1.29 is 4.42 Å². The van der Waals surface area contributed by atoms with Crippen LogP contribution in [0.25, 0.3) is 22.7 Å². The normalized spacial score (nSPS) is 11.9. The van der Waals surface area contributed by atoms with Gasteiger partial charge in [-0.2, -0.15) is 0 Å². The molecule has 5 heteroatoms. The van der Waals surface area contributed by atoms with Crippen molar-refractivity contribution in [3.05, 3.63) is 61.7 Å². The maximum atomic E-state index is 13.1. The van der Waals surface area contributed by atoms with Gasteiger partial charge >= 0.3 is 0 Å². The average molecular weight is 385 g/mol. The molecule has 27 heavy (non-hydrogen) atoms. The summed E-state index contributed by atoms with van der Waals surface area (Å²) in [7, 11) is 0. The summed E-state index contributed by atoms with van der Waals surface area (Å²) in [5.74, 6) is 0.322. The highest BCUT2D eigenvalue weighted by atomic mass is 35.5. The number of aromatic nitrogens is 2. The lowest BCUT2D eigenvalue weighted by molar-refractivity contribution is 0.572. The molecule has 0 unspecified atom stereocenters. The van der Waals surface area contributed by atoms with Crippen LogP contribution in [0, 0.1) is 27.7 Å². The summed E-state index contributed by atoms with van der Waals surface area (Å²) in [6, 6.07) is 4.02. The molecular formula is C22H25ClN2O2. The van der Waals surface area contributed by atoms with Crippen molar-refractivity contribution in [1.82, 2.24) is 9.97 Å². The summed E-state index contributed by atoms with van der Waals surface area (Å²) in [5, 5.41) is 0.678. The number of H-pyrrole nitrogens is 1. The van der Waals surface area contributed by atoms with E-state index in [2.05, 4.69) is 36.8 Å². The molecule has 3 rings (SSSR count). The molecule has 2 aromatic heterocycles. The smallest absolute Gasteiger partial charge is 0.232 e. The Morgan fingerprint density at radius 2 is 1.78 bits per heavy atom. The molecule has 0 spiro atoms. The first kappa shape index (κ1) is 19.4. The van der Waals surface area contributed by atoms with E-state index in [0.717, 1.165) is 28.1 Å². The van der Waals surface area contributed by atoms with E-state index in [1.54, 1.807) is 13.2 Å². The SMILES string of the molecule is Cc1coc(-c2c(-c3cc(Cl)c(C(C)(C)C)cc3C)[nH]c(C)c(C)c2=O)n1. The second-order valence-corrected chi connectivity index (χ2v) is 8.55. The second kappa shape index (κ2) is 6.68. The number of oxazole rings is 1. The number of halogens is 1. The molecule has 0 saturated carbocycles. The predicted octanol–water partition coefficient (Wildman–Crippen LogP) is 5.88. The van der Waals surface area contributed by atoms with Gasteiger partial charge in [0.05, 0.1) is 11.4 Å². The monoisotopic (exact) mass is 384 g/mol. The Kier molecular flexibility index (Phi) is 4.81. The number of hydrogen-bond acceptors (Lipinski definition) is 3. The highest BCUT2D eigenvalue weighted by Gasteiger charge is 2.24. The lowest BCUT2D eigenvalue weighted by Gasteiger charge is -2.23. The van der Waals surface area contributed by atoms with E-state index in [9.17, 15) is 4.79 Å². The van der Waals surface area contributed by atoms with Crippen molar-refractivity contribution >= 4 is 11.6 Å². The summed E-state index contributed by atoms with van der Waals surface area (Å²) in [6.45, 7) is 14.0. The zero-order chi connectivity index (χ0) is 20.1. The topological polar surface area (TPSA) is 58.9 Å². The summed E-state index contributed by atoms with van der Waals surface area (Å²) in [4.78, 5) is 20.8. The predicted molar refractivity (Wildman–Crippen MR) is 111 cm³/mol. The van der Waals surface area contributed by atoms with E-state index in [0.29, 0.717) is 27.7 Å². The molecule has 0 fully saturated rings. The van der Waals surface area contributed by atoms with Crippen LogP contribution in [0.15, 0.2) is 27.6 Å². The highest BCUT2D eigenvalue weighted by Crippen LogP contribution is 2.37. The molecule has 1 aromatic carbocycles. The van der Waals surface area contributed by atoms with Crippen LogP contribution in [0.3, 0.4) is 0 Å². The number of aryl methyl sites for hydroxylation is 3. The van der Waals surface area contributed by atoms with Crippen molar-refractivity contribution in [1.29, 1.82) is 0 Å². The zero-order valence-electron chi connectivity index (χ0n) is 16.9. The maximum absolute atomic E-state index is 13.1. The first-order valence-electron chi connectivity index (χ1n) is 8.97. The maximum Gasteiger partial charge on any atom is 0.232 e. The van der Waals surface area contributed by atoms with Gasteiger partial charge in [-0.3, -0.25) is 4.79 Å². The van der Waals surface area contributed by atoms with Crippen molar-refractivity contribution in [2.24, 2.45) is 0 Å². The van der Waals surface area contributed by atoms with Crippen LogP contribution in [0.4, 0.5) is 0 Å². The van der Waals surface area contributed by atoms with E-state index < -0.39 is 0 Å². The van der Waals surface area contributed by atoms with Gasteiger partial charge in [0.15, 0.2) is 5.43 Å². The van der Waals surface area contributed by atoms with Gasteiger partial charge in [-0.05, 0) is 50.3 Å². The van der Waals surface area contributed by atoms with Gasteiger partial charge in [-0.25, -0.2) is 4.98 Å². The molecule has 0 saturated heterocycles. The van der Waals surface area contributed by atoms with E-state index >= 15 is 0 Å². The van der Waals surface area contributed by atoms with E-state index in [4.69, 9.17) is 16.0 Å². The minimum atomic E-state index is -0.0847. The Labute approximate surface area is 164 Å². The molecule has 3 aromatic rings. The summed E-state index contributed by atoms with van der Waals surface area (Å²) < 4.78 is 5.57. The Morgan fingerprint density at radius 3 is 2.33 bits per heavy atom. The third kappa shape index (κ3) is 3.46. The standard InChI is InChI=1S/C22H25ClN2O2/c1-11-8-16(22(5,6)7)17(23)9-15(11)19-18(21-24-12(2)10-27-21)20(26)13(3)14(4)25-19/h8-10H,1-7H3,(H,25,26). The summed E-state index contributed by atoms with van der Waals surface area (Å²) in [6.07, 6.45) is 1.55. The van der Waals surface area contributed by atoms with Crippen LogP contribution in [-0.2, 0) is 5.41 Å². The zero-order valence-corrected chi connectivity index (χ0v) is 17.6. The van der Waals surface area contributed by atoms with Crippen molar-refractivity contribution in [3.63, 3.8) is 0 Å². The van der Waals surface area contributed by atoms with Gasteiger partial charge in [0, 0.05) is 21.8 Å². The minimum absolute atomic E-state index is 0.0700. The Hall–Kier alpha value is -2.33. The molecule has 0 aliphatic heterocycles. The molecule has 1 N–H and O–H groups in total. The van der Waals surface area contributed by atoms with E-state index in [-0.39, 0.29) is 10.8 Å². The van der Waals surface area contributed by atoms with Crippen LogP contribution in [0.2, 0.25) is 5.02 Å². The van der Waals surface area contributed by atoms with Gasteiger partial charge in [0.25, 0.3) is 0 Å².